The third-order valence-corrected chi connectivity index (χ3v) is 5.28. The molecule has 1 aliphatic rings. The Labute approximate surface area is 157 Å². The van der Waals surface area contributed by atoms with E-state index in [9.17, 15) is 23.2 Å². The van der Waals surface area contributed by atoms with Gasteiger partial charge < -0.3 is 14.1 Å². The Morgan fingerprint density at radius 3 is 2.74 bits per heavy atom. The summed E-state index contributed by atoms with van der Waals surface area (Å²) in [5.41, 5.74) is -0.500. The summed E-state index contributed by atoms with van der Waals surface area (Å²) in [5.74, 6) is -2.93. The first-order valence-corrected chi connectivity index (χ1v) is 9.02. The molecule has 1 fully saturated rings. The van der Waals surface area contributed by atoms with E-state index in [4.69, 9.17) is 9.15 Å². The van der Waals surface area contributed by atoms with E-state index in [1.54, 1.807) is 12.1 Å². The van der Waals surface area contributed by atoms with Crippen LogP contribution in [-0.4, -0.2) is 41.0 Å². The molecule has 1 amide bonds. The van der Waals surface area contributed by atoms with Gasteiger partial charge >= 0.3 is 5.97 Å². The van der Waals surface area contributed by atoms with E-state index in [0.29, 0.717) is 5.76 Å². The Balaban J connectivity index is 1.67. The standard InChI is InChI=1S/C18H15F2NO5S/c1-10(22)21-14(9-27-17(21)16-3-2-6-25-16)18(24)26-8-15(23)12-7-11(19)4-5-13(12)20/h2-7,14,17H,8-9H2,1H3/t14-,17-/m0/s1. The van der Waals surface area contributed by atoms with Crippen molar-refractivity contribution >= 4 is 29.4 Å². The maximum atomic E-state index is 13.6. The summed E-state index contributed by atoms with van der Waals surface area (Å²) >= 11 is 1.32. The number of carbonyl (C=O) groups is 3. The molecule has 2 atom stereocenters. The van der Waals surface area contributed by atoms with Crippen LogP contribution in [0.5, 0.6) is 0 Å². The molecule has 1 aromatic heterocycles. The highest BCUT2D eigenvalue weighted by Crippen LogP contribution is 2.41. The molecule has 0 unspecified atom stereocenters. The van der Waals surface area contributed by atoms with Gasteiger partial charge in [-0.2, -0.15) is 0 Å². The number of esters is 1. The highest BCUT2D eigenvalue weighted by Gasteiger charge is 2.43. The summed E-state index contributed by atoms with van der Waals surface area (Å²) in [4.78, 5) is 37.7. The summed E-state index contributed by atoms with van der Waals surface area (Å²) in [7, 11) is 0. The van der Waals surface area contributed by atoms with E-state index in [-0.39, 0.29) is 11.7 Å². The molecule has 1 saturated heterocycles. The lowest BCUT2D eigenvalue weighted by Crippen LogP contribution is -2.43. The molecule has 2 aromatic rings. The number of carbonyl (C=O) groups excluding carboxylic acids is 3. The molecule has 0 aliphatic carbocycles. The minimum absolute atomic E-state index is 0.256. The molecule has 0 radical (unpaired) electrons. The minimum atomic E-state index is -0.909. The Kier molecular flexibility index (Phi) is 5.59. The van der Waals surface area contributed by atoms with Crippen molar-refractivity contribution in [2.45, 2.75) is 18.3 Å². The monoisotopic (exact) mass is 395 g/mol. The van der Waals surface area contributed by atoms with E-state index in [1.807, 2.05) is 0 Å². The minimum Gasteiger partial charge on any atom is -0.466 e. The highest BCUT2D eigenvalue weighted by molar-refractivity contribution is 7.99. The average Bonchev–Trinajstić information content (AvgIpc) is 3.30. The summed E-state index contributed by atoms with van der Waals surface area (Å²) in [6.07, 6.45) is 1.46. The maximum Gasteiger partial charge on any atom is 0.330 e. The summed E-state index contributed by atoms with van der Waals surface area (Å²) in [5, 5.41) is -0.480. The summed E-state index contributed by atoms with van der Waals surface area (Å²) < 4.78 is 37.1. The van der Waals surface area contributed by atoms with Crippen LogP contribution in [0.3, 0.4) is 0 Å². The Morgan fingerprint density at radius 1 is 1.30 bits per heavy atom. The van der Waals surface area contributed by atoms with Gasteiger partial charge in [0.15, 0.2) is 6.61 Å². The van der Waals surface area contributed by atoms with Gasteiger partial charge in [0.1, 0.15) is 28.8 Å². The molecule has 1 aliphatic heterocycles. The molecule has 142 valence electrons. The number of amides is 1. The molecule has 0 spiro atoms. The number of halogens is 2. The smallest absolute Gasteiger partial charge is 0.330 e. The molecular formula is C18H15F2NO5S. The fourth-order valence-electron chi connectivity index (χ4n) is 2.75. The topological polar surface area (TPSA) is 76.8 Å². The van der Waals surface area contributed by atoms with Gasteiger partial charge in [-0.15, -0.1) is 11.8 Å². The number of furan rings is 1. The zero-order valence-corrected chi connectivity index (χ0v) is 15.0. The molecule has 0 N–H and O–H groups in total. The third kappa shape index (κ3) is 4.02. The lowest BCUT2D eigenvalue weighted by atomic mass is 10.1. The average molecular weight is 395 g/mol. The quantitative estimate of drug-likeness (QED) is 0.572. The van der Waals surface area contributed by atoms with Crippen LogP contribution in [-0.2, 0) is 14.3 Å². The first kappa shape index (κ1) is 19.1. The van der Waals surface area contributed by atoms with Crippen molar-refractivity contribution < 1.29 is 32.3 Å². The maximum absolute atomic E-state index is 13.6. The number of thioether (sulfide) groups is 1. The number of Topliss-reactive ketones (excluding diaryl/α,β-unsaturated/α-hetero) is 1. The fraction of sp³-hybridized carbons (Fsp3) is 0.278. The van der Waals surface area contributed by atoms with E-state index in [0.717, 1.165) is 18.2 Å². The zero-order chi connectivity index (χ0) is 19.6. The molecule has 0 saturated carbocycles. The lowest BCUT2D eigenvalue weighted by Gasteiger charge is -2.25. The van der Waals surface area contributed by atoms with Gasteiger partial charge in [0.25, 0.3) is 0 Å². The van der Waals surface area contributed by atoms with Crippen molar-refractivity contribution in [3.63, 3.8) is 0 Å². The summed E-state index contributed by atoms with van der Waals surface area (Å²) in [6.45, 7) is 0.562. The van der Waals surface area contributed by atoms with E-state index < -0.39 is 47.0 Å². The number of rotatable bonds is 5. The van der Waals surface area contributed by atoms with Gasteiger partial charge in [-0.25, -0.2) is 13.6 Å². The van der Waals surface area contributed by atoms with Crippen LogP contribution in [0.2, 0.25) is 0 Å². The molecule has 1 aromatic carbocycles. The number of hydrogen-bond acceptors (Lipinski definition) is 6. The van der Waals surface area contributed by atoms with Crippen LogP contribution in [0.4, 0.5) is 8.78 Å². The Morgan fingerprint density at radius 2 is 2.07 bits per heavy atom. The molecule has 0 bridgehead atoms. The molecule has 2 heterocycles. The Bertz CT molecular complexity index is 871. The molecular weight excluding hydrogens is 380 g/mol. The van der Waals surface area contributed by atoms with Crippen molar-refractivity contribution in [2.75, 3.05) is 12.4 Å². The van der Waals surface area contributed by atoms with Gasteiger partial charge in [-0.05, 0) is 30.3 Å². The fourth-order valence-corrected chi connectivity index (χ4v) is 4.16. The molecule has 27 heavy (non-hydrogen) atoms. The van der Waals surface area contributed by atoms with Crippen molar-refractivity contribution in [2.24, 2.45) is 0 Å². The van der Waals surface area contributed by atoms with Crippen LogP contribution in [0.1, 0.15) is 28.4 Å². The predicted octanol–water partition coefficient (Wildman–Crippen LogP) is 2.95. The van der Waals surface area contributed by atoms with E-state index in [2.05, 4.69) is 0 Å². The predicted molar refractivity (Wildman–Crippen MR) is 91.9 cm³/mol. The van der Waals surface area contributed by atoms with Crippen molar-refractivity contribution in [3.8, 4) is 0 Å². The summed E-state index contributed by atoms with van der Waals surface area (Å²) in [6, 6.07) is 4.90. The van der Waals surface area contributed by atoms with Crippen LogP contribution in [0, 0.1) is 11.6 Å². The molecule has 6 nitrogen and oxygen atoms in total. The number of ketones is 1. The van der Waals surface area contributed by atoms with Gasteiger partial charge in [-0.3, -0.25) is 9.59 Å². The normalized spacial score (nSPS) is 19.1. The van der Waals surface area contributed by atoms with Gasteiger partial charge in [0, 0.05) is 12.7 Å². The number of nitrogens with zero attached hydrogens (tertiary/aromatic N) is 1. The number of ether oxygens (including phenoxy) is 1. The van der Waals surface area contributed by atoms with Gasteiger partial charge in [0.2, 0.25) is 11.7 Å². The Hall–Kier alpha value is -2.68. The molecule has 3 rings (SSSR count). The zero-order valence-electron chi connectivity index (χ0n) is 14.2. The van der Waals surface area contributed by atoms with Crippen molar-refractivity contribution in [1.82, 2.24) is 4.90 Å². The first-order valence-electron chi connectivity index (χ1n) is 7.97. The molecule has 9 heteroatoms. The second-order valence-corrected chi connectivity index (χ2v) is 6.91. The van der Waals surface area contributed by atoms with Crippen LogP contribution in [0.25, 0.3) is 0 Å². The SMILES string of the molecule is CC(=O)N1[C@H](C(=O)OCC(=O)c2cc(F)ccc2F)CS[C@H]1c1ccco1. The first-order chi connectivity index (χ1) is 12.9. The van der Waals surface area contributed by atoms with Gasteiger partial charge in [0.05, 0.1) is 11.8 Å². The van der Waals surface area contributed by atoms with Crippen LogP contribution in [0.15, 0.2) is 41.0 Å². The van der Waals surface area contributed by atoms with Crippen molar-refractivity contribution in [3.05, 3.63) is 59.6 Å². The second kappa shape index (κ2) is 7.91. The third-order valence-electron chi connectivity index (χ3n) is 4.00. The largest absolute Gasteiger partial charge is 0.466 e. The van der Waals surface area contributed by atoms with Crippen LogP contribution >= 0.6 is 11.8 Å². The lowest BCUT2D eigenvalue weighted by molar-refractivity contribution is -0.152. The number of hydrogen-bond donors (Lipinski definition) is 0. The van der Waals surface area contributed by atoms with E-state index in [1.165, 1.54) is 29.8 Å². The number of benzene rings is 1. The second-order valence-electron chi connectivity index (χ2n) is 5.80. The van der Waals surface area contributed by atoms with Crippen molar-refractivity contribution in [1.29, 1.82) is 0 Å². The van der Waals surface area contributed by atoms with Crippen LogP contribution < -0.4 is 0 Å². The van der Waals surface area contributed by atoms with Gasteiger partial charge in [-0.1, -0.05) is 0 Å². The van der Waals surface area contributed by atoms with E-state index >= 15 is 0 Å². The highest BCUT2D eigenvalue weighted by atomic mass is 32.2.